The molecule has 0 atom stereocenters. The summed E-state index contributed by atoms with van der Waals surface area (Å²) in [5.41, 5.74) is -3.38. The summed E-state index contributed by atoms with van der Waals surface area (Å²) in [6.07, 6.45) is -9.83. The molecule has 1 aliphatic rings. The van der Waals surface area contributed by atoms with Crippen LogP contribution in [-0.2, 0) is 12.4 Å². The standard InChI is InChI=1S/C28H10F6N6/c1-37-40-25-19-5-3-2-4-18(19)24-26(25)39-23(15-7-9-17(13-36)21(11-15)28(32,33)34)22(38-24)14-6-8-16(12-35)20(10-14)27(29,30)31/h2-11H/b40-25+. The van der Waals surface area contributed by atoms with Gasteiger partial charge in [0, 0.05) is 22.3 Å². The molecular weight excluding hydrogens is 534 g/mol. The van der Waals surface area contributed by atoms with Gasteiger partial charge in [-0.1, -0.05) is 36.4 Å². The highest BCUT2D eigenvalue weighted by Crippen LogP contribution is 2.42. The fourth-order valence-electron chi connectivity index (χ4n) is 4.41. The molecule has 1 heterocycles. The van der Waals surface area contributed by atoms with E-state index in [0.29, 0.717) is 23.3 Å². The highest BCUT2D eigenvalue weighted by atomic mass is 19.4. The Balaban J connectivity index is 1.88. The highest BCUT2D eigenvalue weighted by molar-refractivity contribution is 6.23. The van der Waals surface area contributed by atoms with Crippen LogP contribution in [0.1, 0.15) is 33.5 Å². The van der Waals surface area contributed by atoms with Crippen LogP contribution in [0.2, 0.25) is 0 Å². The lowest BCUT2D eigenvalue weighted by Gasteiger charge is -2.16. The maximum atomic E-state index is 13.8. The minimum absolute atomic E-state index is 0.0542. The van der Waals surface area contributed by atoms with Gasteiger partial charge in [0.15, 0.2) is 5.71 Å². The number of aromatic nitrogens is 2. The first-order valence-electron chi connectivity index (χ1n) is 11.2. The van der Waals surface area contributed by atoms with E-state index >= 15 is 0 Å². The van der Waals surface area contributed by atoms with Crippen LogP contribution in [0.5, 0.6) is 0 Å². The summed E-state index contributed by atoms with van der Waals surface area (Å²) in [5, 5.41) is 22.2. The van der Waals surface area contributed by atoms with Crippen molar-refractivity contribution in [2.45, 2.75) is 12.4 Å². The Morgan fingerprint density at radius 3 is 1.60 bits per heavy atom. The lowest BCUT2D eigenvalue weighted by molar-refractivity contribution is -0.138. The van der Waals surface area contributed by atoms with Crippen molar-refractivity contribution in [2.75, 3.05) is 0 Å². The number of hydrogen-bond acceptors (Lipinski definition) is 5. The first-order chi connectivity index (χ1) is 19.0. The van der Waals surface area contributed by atoms with E-state index in [1.807, 2.05) is 0 Å². The van der Waals surface area contributed by atoms with E-state index in [0.717, 1.165) is 12.1 Å². The van der Waals surface area contributed by atoms with Crippen LogP contribution in [0.3, 0.4) is 0 Å². The Kier molecular flexibility index (Phi) is 6.09. The topological polar surface area (TPSA) is 90.1 Å². The van der Waals surface area contributed by atoms with Gasteiger partial charge in [0.05, 0.1) is 56.6 Å². The van der Waals surface area contributed by atoms with Gasteiger partial charge in [0.2, 0.25) is 0 Å². The van der Waals surface area contributed by atoms with Crippen LogP contribution >= 0.6 is 0 Å². The van der Waals surface area contributed by atoms with Gasteiger partial charge in [-0.05, 0) is 24.3 Å². The molecule has 40 heavy (non-hydrogen) atoms. The third kappa shape index (κ3) is 4.30. The lowest BCUT2D eigenvalue weighted by Crippen LogP contribution is -2.10. The van der Waals surface area contributed by atoms with Crippen molar-refractivity contribution < 1.29 is 26.3 Å². The maximum Gasteiger partial charge on any atom is 0.417 e. The van der Waals surface area contributed by atoms with E-state index < -0.39 is 34.6 Å². The molecule has 0 spiro atoms. The fraction of sp³-hybridized carbons (Fsp3) is 0.0714. The molecule has 0 fully saturated rings. The number of benzene rings is 3. The summed E-state index contributed by atoms with van der Waals surface area (Å²) in [6, 6.07) is 15.2. The molecular formula is C28H10F6N6. The van der Waals surface area contributed by atoms with E-state index in [2.05, 4.69) is 20.0 Å². The monoisotopic (exact) mass is 544 g/mol. The predicted molar refractivity (Wildman–Crippen MR) is 130 cm³/mol. The molecule has 1 aromatic heterocycles. The number of halogens is 6. The van der Waals surface area contributed by atoms with Gasteiger partial charge >= 0.3 is 12.4 Å². The molecule has 0 N–H and O–H groups in total. The SMILES string of the molecule is [C-]#[N+]/N=C1\c2ccccc2-c2nc(-c3ccc(C#N)c(C(F)(F)F)c3)c(-c3ccc(C#N)c(C(F)(F)F)c3)nc21. The van der Waals surface area contributed by atoms with Gasteiger partial charge < -0.3 is 0 Å². The number of fused-ring (bicyclic) bond motifs is 3. The van der Waals surface area contributed by atoms with Crippen LogP contribution in [0.4, 0.5) is 26.3 Å². The van der Waals surface area contributed by atoms with Crippen molar-refractivity contribution in [3.63, 3.8) is 0 Å². The van der Waals surface area contributed by atoms with E-state index in [1.54, 1.807) is 24.3 Å². The van der Waals surface area contributed by atoms with Gasteiger partial charge in [-0.2, -0.15) is 43.4 Å². The van der Waals surface area contributed by atoms with Crippen LogP contribution in [0, 0.1) is 29.2 Å². The molecule has 0 radical (unpaired) electrons. The zero-order valence-corrected chi connectivity index (χ0v) is 19.7. The second kappa shape index (κ2) is 9.33. The summed E-state index contributed by atoms with van der Waals surface area (Å²) >= 11 is 0. The Morgan fingerprint density at radius 2 is 1.15 bits per heavy atom. The smallest absolute Gasteiger partial charge is 0.243 e. The Labute approximate surface area is 221 Å². The number of nitriles is 2. The minimum Gasteiger partial charge on any atom is -0.243 e. The first kappa shape index (κ1) is 26.1. The van der Waals surface area contributed by atoms with E-state index in [1.165, 1.54) is 24.3 Å². The molecule has 1 aliphatic carbocycles. The largest absolute Gasteiger partial charge is 0.417 e. The molecule has 3 aromatic carbocycles. The third-order valence-corrected chi connectivity index (χ3v) is 6.15. The Morgan fingerprint density at radius 1 is 0.675 bits per heavy atom. The van der Waals surface area contributed by atoms with Crippen molar-refractivity contribution in [1.82, 2.24) is 9.97 Å². The van der Waals surface area contributed by atoms with Crippen LogP contribution < -0.4 is 0 Å². The molecule has 0 bridgehead atoms. The highest BCUT2D eigenvalue weighted by Gasteiger charge is 2.37. The van der Waals surface area contributed by atoms with Gasteiger partial charge in [-0.15, -0.1) is 4.95 Å². The average Bonchev–Trinajstić information content (AvgIpc) is 3.23. The predicted octanol–water partition coefficient (Wildman–Crippen LogP) is 7.24. The average molecular weight is 544 g/mol. The lowest BCUT2D eigenvalue weighted by atomic mass is 9.96. The van der Waals surface area contributed by atoms with E-state index in [9.17, 15) is 36.9 Å². The van der Waals surface area contributed by atoms with Gasteiger partial charge in [0.1, 0.15) is 5.69 Å². The van der Waals surface area contributed by atoms with Crippen LogP contribution in [-0.4, -0.2) is 15.7 Å². The zero-order chi connectivity index (χ0) is 28.8. The molecule has 0 saturated heterocycles. The van der Waals surface area contributed by atoms with Crippen molar-refractivity contribution >= 4 is 5.71 Å². The summed E-state index contributed by atoms with van der Waals surface area (Å²) in [6.45, 7) is 7.21. The fourth-order valence-corrected chi connectivity index (χ4v) is 4.41. The second-order valence-electron chi connectivity index (χ2n) is 8.45. The third-order valence-electron chi connectivity index (χ3n) is 6.15. The molecule has 0 saturated carbocycles. The van der Waals surface area contributed by atoms with E-state index in [-0.39, 0.29) is 39.6 Å². The summed E-state index contributed by atoms with van der Waals surface area (Å²) in [7, 11) is 0. The normalized spacial score (nSPS) is 13.2. The summed E-state index contributed by atoms with van der Waals surface area (Å²) < 4.78 is 82.7. The van der Waals surface area contributed by atoms with Gasteiger partial charge in [-0.3, -0.25) is 0 Å². The molecule has 12 heteroatoms. The second-order valence-corrected chi connectivity index (χ2v) is 8.45. The Bertz CT molecular complexity index is 1870. The molecule has 4 aromatic rings. The van der Waals surface area contributed by atoms with Crippen molar-refractivity contribution in [2.24, 2.45) is 5.10 Å². The number of alkyl halides is 6. The molecule has 6 nitrogen and oxygen atoms in total. The molecule has 0 amide bonds. The zero-order valence-electron chi connectivity index (χ0n) is 19.7. The van der Waals surface area contributed by atoms with E-state index in [4.69, 9.17) is 6.57 Å². The number of rotatable bonds is 2. The Hall–Kier alpha value is -5.54. The minimum atomic E-state index is -4.92. The molecule has 194 valence electrons. The van der Waals surface area contributed by atoms with Crippen molar-refractivity contribution in [1.29, 1.82) is 10.5 Å². The molecule has 0 unspecified atom stereocenters. The van der Waals surface area contributed by atoms with Crippen molar-refractivity contribution in [3.8, 4) is 45.9 Å². The summed E-state index contributed by atoms with van der Waals surface area (Å²) in [4.78, 5) is 12.1. The number of hydrogen-bond donors (Lipinski definition) is 0. The number of nitrogens with zero attached hydrogens (tertiary/aromatic N) is 6. The van der Waals surface area contributed by atoms with Gasteiger partial charge in [0.25, 0.3) is 0 Å². The summed E-state index contributed by atoms with van der Waals surface area (Å²) in [5.74, 6) is 0. The molecule has 0 aliphatic heterocycles. The van der Waals surface area contributed by atoms with Crippen LogP contribution in [0.25, 0.3) is 38.7 Å². The first-order valence-corrected chi connectivity index (χ1v) is 11.2. The van der Waals surface area contributed by atoms with Crippen molar-refractivity contribution in [3.05, 3.63) is 106 Å². The van der Waals surface area contributed by atoms with Gasteiger partial charge in [-0.25, -0.2) is 9.97 Å². The maximum absolute atomic E-state index is 13.8. The quantitative estimate of drug-likeness (QED) is 0.133. The molecule has 5 rings (SSSR count). The van der Waals surface area contributed by atoms with Crippen LogP contribution in [0.15, 0.2) is 65.8 Å².